The topological polar surface area (TPSA) is 79.4 Å². The van der Waals surface area contributed by atoms with E-state index in [2.05, 4.69) is 45.4 Å². The fraction of sp³-hybridized carbons (Fsp3) is 0.385. The minimum Gasteiger partial charge on any atom is -0.474 e. The minimum absolute atomic E-state index is 0.611. The largest absolute Gasteiger partial charge is 0.474 e. The summed E-state index contributed by atoms with van der Waals surface area (Å²) in [5, 5.41) is 6.86. The maximum absolute atomic E-state index is 12.0. The van der Waals surface area contributed by atoms with Crippen molar-refractivity contribution in [3.63, 3.8) is 0 Å². The molecule has 0 spiro atoms. The predicted octanol–water partition coefficient (Wildman–Crippen LogP) is 4.55. The quantitative estimate of drug-likeness (QED) is 0.517. The molecule has 2 aromatic heterocycles. The maximum atomic E-state index is 12.0. The van der Waals surface area contributed by atoms with Gasteiger partial charge in [-0.2, -0.15) is 0 Å². The number of nitrogens with one attached hydrogen (secondary N) is 2. The number of hydrogen-bond acceptors (Lipinski definition) is 7. The molecule has 178 valence electrons. The van der Waals surface area contributed by atoms with E-state index >= 15 is 0 Å². The summed E-state index contributed by atoms with van der Waals surface area (Å²) in [5.41, 5.74) is 7.97. The average Bonchev–Trinajstić information content (AvgIpc) is 2.85. The summed E-state index contributed by atoms with van der Waals surface area (Å²) < 4.78 is 17.7. The first-order valence-corrected chi connectivity index (χ1v) is 13.4. The molecule has 1 aromatic carbocycles. The Labute approximate surface area is 203 Å². The third kappa shape index (κ3) is 4.87. The van der Waals surface area contributed by atoms with Crippen molar-refractivity contribution >= 4 is 33.7 Å². The van der Waals surface area contributed by atoms with Crippen LogP contribution in [-0.2, 0) is 29.5 Å². The summed E-state index contributed by atoms with van der Waals surface area (Å²) in [6, 6.07) is 10.3. The highest BCUT2D eigenvalue weighted by Gasteiger charge is 2.23. The summed E-state index contributed by atoms with van der Waals surface area (Å²) in [5.74, 6) is 2.89. The Balaban J connectivity index is 1.29. The molecule has 0 radical (unpaired) electrons. The van der Waals surface area contributed by atoms with Crippen LogP contribution in [0.2, 0.25) is 0 Å². The minimum atomic E-state index is -0.792. The van der Waals surface area contributed by atoms with E-state index in [1.165, 1.54) is 16.7 Å². The van der Waals surface area contributed by atoms with E-state index in [4.69, 9.17) is 4.74 Å². The van der Waals surface area contributed by atoms with E-state index in [0.29, 0.717) is 18.2 Å². The number of benzene rings is 1. The van der Waals surface area contributed by atoms with Crippen molar-refractivity contribution < 1.29 is 8.95 Å². The number of pyridine rings is 2. The van der Waals surface area contributed by atoms with Gasteiger partial charge >= 0.3 is 0 Å². The summed E-state index contributed by atoms with van der Waals surface area (Å²) in [6.45, 7) is 7.40. The van der Waals surface area contributed by atoms with Crippen LogP contribution in [0.15, 0.2) is 42.7 Å². The molecule has 5 rings (SSSR count). The van der Waals surface area contributed by atoms with Crippen LogP contribution in [-0.4, -0.2) is 39.6 Å². The van der Waals surface area contributed by atoms with Gasteiger partial charge in [-0.1, -0.05) is 19.1 Å². The molecule has 4 heterocycles. The zero-order valence-corrected chi connectivity index (χ0v) is 20.6. The van der Waals surface area contributed by atoms with Gasteiger partial charge in [0.05, 0.1) is 11.9 Å². The van der Waals surface area contributed by atoms with Gasteiger partial charge in [-0.3, -0.25) is 4.21 Å². The molecule has 34 heavy (non-hydrogen) atoms. The van der Waals surface area contributed by atoms with Gasteiger partial charge < -0.3 is 20.3 Å². The Kier molecular flexibility index (Phi) is 6.67. The predicted molar refractivity (Wildman–Crippen MR) is 139 cm³/mol. The molecule has 1 atom stereocenters. The van der Waals surface area contributed by atoms with E-state index in [-0.39, 0.29) is 0 Å². The Morgan fingerprint density at radius 3 is 2.85 bits per heavy atom. The molecule has 3 aromatic rings. The summed E-state index contributed by atoms with van der Waals surface area (Å²) in [7, 11) is -0.792. The molecule has 0 fully saturated rings. The Morgan fingerprint density at radius 2 is 2.03 bits per heavy atom. The SMILES string of the molecule is CCCS(=O)Cc1ccc(Nc2cc3c(cn2)CCN(c2cnc4c(c2C)NCCO4)C3)cc1. The van der Waals surface area contributed by atoms with Crippen LogP contribution in [0.4, 0.5) is 22.9 Å². The van der Waals surface area contributed by atoms with Crippen LogP contribution in [0.25, 0.3) is 0 Å². The normalized spacial score (nSPS) is 15.5. The van der Waals surface area contributed by atoms with Gasteiger partial charge in [0.15, 0.2) is 0 Å². The molecular weight excluding hydrogens is 446 g/mol. The lowest BCUT2D eigenvalue weighted by Crippen LogP contribution is -2.32. The summed E-state index contributed by atoms with van der Waals surface area (Å²) in [6.07, 6.45) is 5.82. The molecular formula is C26H31N5O2S. The lowest BCUT2D eigenvalue weighted by molar-refractivity contribution is 0.310. The van der Waals surface area contributed by atoms with Crippen LogP contribution >= 0.6 is 0 Å². The first-order valence-electron chi connectivity index (χ1n) is 11.9. The van der Waals surface area contributed by atoms with Crippen molar-refractivity contribution in [1.82, 2.24) is 9.97 Å². The summed E-state index contributed by atoms with van der Waals surface area (Å²) in [4.78, 5) is 11.6. The first kappa shape index (κ1) is 22.7. The number of aromatic nitrogens is 2. The lowest BCUT2D eigenvalue weighted by atomic mass is 10.0. The third-order valence-corrected chi connectivity index (χ3v) is 7.86. The fourth-order valence-corrected chi connectivity index (χ4v) is 5.72. The molecule has 0 bridgehead atoms. The van der Waals surface area contributed by atoms with Crippen molar-refractivity contribution in [1.29, 1.82) is 0 Å². The van der Waals surface area contributed by atoms with Crippen LogP contribution < -0.4 is 20.3 Å². The zero-order valence-electron chi connectivity index (χ0n) is 19.8. The Morgan fingerprint density at radius 1 is 1.18 bits per heavy atom. The summed E-state index contributed by atoms with van der Waals surface area (Å²) >= 11 is 0. The molecule has 8 heteroatoms. The van der Waals surface area contributed by atoms with E-state index in [9.17, 15) is 4.21 Å². The molecule has 2 aliphatic heterocycles. The van der Waals surface area contributed by atoms with Crippen molar-refractivity contribution in [3.05, 3.63) is 65.0 Å². The first-order chi connectivity index (χ1) is 16.6. The van der Waals surface area contributed by atoms with Crippen LogP contribution in [0.5, 0.6) is 5.88 Å². The molecule has 1 unspecified atom stereocenters. The van der Waals surface area contributed by atoms with Gasteiger partial charge in [0.1, 0.15) is 18.1 Å². The molecule has 2 N–H and O–H groups in total. The van der Waals surface area contributed by atoms with Gasteiger partial charge in [-0.15, -0.1) is 0 Å². The molecule has 0 saturated heterocycles. The van der Waals surface area contributed by atoms with Gasteiger partial charge in [-0.25, -0.2) is 9.97 Å². The maximum Gasteiger partial charge on any atom is 0.237 e. The number of anilines is 4. The Hall–Kier alpha value is -3.13. The number of hydrogen-bond donors (Lipinski definition) is 2. The number of ether oxygens (including phenoxy) is 1. The van der Waals surface area contributed by atoms with Gasteiger partial charge in [0.25, 0.3) is 0 Å². The fourth-order valence-electron chi connectivity index (χ4n) is 4.56. The van der Waals surface area contributed by atoms with Gasteiger partial charge in [0.2, 0.25) is 5.88 Å². The molecule has 0 amide bonds. The van der Waals surface area contributed by atoms with Crippen molar-refractivity contribution in [2.75, 3.05) is 41.0 Å². The van der Waals surface area contributed by atoms with Crippen molar-refractivity contribution in [2.45, 2.75) is 39.0 Å². The highest BCUT2D eigenvalue weighted by atomic mass is 32.2. The van der Waals surface area contributed by atoms with Crippen molar-refractivity contribution in [3.8, 4) is 5.88 Å². The third-order valence-electron chi connectivity index (χ3n) is 6.34. The van der Waals surface area contributed by atoms with Gasteiger partial charge in [0, 0.05) is 59.4 Å². The molecule has 0 saturated carbocycles. The number of rotatable bonds is 7. The number of fused-ring (bicyclic) bond motifs is 2. The Bertz CT molecular complexity index is 1200. The van der Waals surface area contributed by atoms with E-state index in [0.717, 1.165) is 66.7 Å². The highest BCUT2D eigenvalue weighted by molar-refractivity contribution is 7.84. The lowest BCUT2D eigenvalue weighted by Gasteiger charge is -2.33. The second kappa shape index (κ2) is 10.0. The number of nitrogens with zero attached hydrogens (tertiary/aromatic N) is 3. The second-order valence-corrected chi connectivity index (χ2v) is 10.4. The molecule has 0 aliphatic carbocycles. The van der Waals surface area contributed by atoms with Gasteiger partial charge in [-0.05, 0) is 54.7 Å². The standard InChI is InChI=1S/C26H31N5O2S/c1-3-12-34(32)17-19-4-6-22(7-5-19)30-24-13-21-16-31(10-8-20(21)14-28-24)23-15-29-26-25(18(23)2)27-9-11-33-26/h4-7,13-15,27H,3,8-12,16-17H2,1-2H3,(H,28,30). The molecule has 2 aliphatic rings. The zero-order chi connectivity index (χ0) is 23.5. The smallest absolute Gasteiger partial charge is 0.237 e. The second-order valence-electron chi connectivity index (χ2n) is 8.84. The monoisotopic (exact) mass is 477 g/mol. The van der Waals surface area contributed by atoms with E-state index in [1.807, 2.05) is 36.7 Å². The van der Waals surface area contributed by atoms with Crippen LogP contribution in [0.3, 0.4) is 0 Å². The van der Waals surface area contributed by atoms with E-state index in [1.54, 1.807) is 0 Å². The molecule has 7 nitrogen and oxygen atoms in total. The average molecular weight is 478 g/mol. The van der Waals surface area contributed by atoms with E-state index < -0.39 is 10.8 Å². The van der Waals surface area contributed by atoms with Crippen LogP contribution in [0.1, 0.15) is 35.6 Å². The highest BCUT2D eigenvalue weighted by Crippen LogP contribution is 2.36. The van der Waals surface area contributed by atoms with Crippen molar-refractivity contribution in [2.24, 2.45) is 0 Å². The van der Waals surface area contributed by atoms with Crippen LogP contribution in [0, 0.1) is 6.92 Å².